The number of hydrogen-bond acceptors (Lipinski definition) is 3. The first-order chi connectivity index (χ1) is 10.1. The number of rotatable bonds is 3. The highest BCUT2D eigenvalue weighted by Crippen LogP contribution is 2.26. The molecule has 5 heteroatoms. The molecule has 21 heavy (non-hydrogen) atoms. The Kier molecular flexibility index (Phi) is 4.10. The molecule has 3 rings (SSSR count). The van der Waals surface area contributed by atoms with Crippen molar-refractivity contribution < 1.29 is 4.79 Å². The molecule has 0 bridgehead atoms. The minimum absolute atomic E-state index is 0.244. The summed E-state index contributed by atoms with van der Waals surface area (Å²) in [5.41, 5.74) is 1.05. The molecule has 2 aromatic heterocycles. The first kappa shape index (κ1) is 14.3. The average Bonchev–Trinajstić information content (AvgIpc) is 3.08. The zero-order valence-corrected chi connectivity index (χ0v) is 13.4. The van der Waals surface area contributed by atoms with Gasteiger partial charge in [-0.1, -0.05) is 6.07 Å². The van der Waals surface area contributed by atoms with Crippen LogP contribution in [0.2, 0.25) is 0 Å². The van der Waals surface area contributed by atoms with Crippen molar-refractivity contribution in [1.82, 2.24) is 14.5 Å². The lowest BCUT2D eigenvalue weighted by atomic mass is 9.97. The van der Waals surface area contributed by atoms with Gasteiger partial charge in [0.1, 0.15) is 5.82 Å². The van der Waals surface area contributed by atoms with Crippen molar-refractivity contribution in [3.8, 4) is 0 Å². The number of likely N-dealkylation sites (tertiary alicyclic amines) is 1. The summed E-state index contributed by atoms with van der Waals surface area (Å²) in [5.74, 6) is 1.72. The van der Waals surface area contributed by atoms with Crippen molar-refractivity contribution in [1.29, 1.82) is 0 Å². The highest BCUT2D eigenvalue weighted by molar-refractivity contribution is 7.10. The Hall–Kier alpha value is -1.62. The van der Waals surface area contributed by atoms with E-state index < -0.39 is 0 Å². The van der Waals surface area contributed by atoms with Crippen molar-refractivity contribution in [2.75, 3.05) is 13.1 Å². The summed E-state index contributed by atoms with van der Waals surface area (Å²) >= 11 is 1.65. The number of imidazole rings is 1. The first-order valence-electron chi connectivity index (χ1n) is 7.43. The van der Waals surface area contributed by atoms with Crippen LogP contribution in [-0.2, 0) is 18.3 Å². The van der Waals surface area contributed by atoms with Crippen LogP contribution >= 0.6 is 11.3 Å². The summed E-state index contributed by atoms with van der Waals surface area (Å²) in [5, 5.41) is 2.03. The molecule has 2 aromatic rings. The summed E-state index contributed by atoms with van der Waals surface area (Å²) in [6.07, 6.45) is 4.77. The van der Waals surface area contributed by atoms with Crippen LogP contribution in [0.1, 0.15) is 35.2 Å². The number of aryl methyl sites for hydroxylation is 2. The van der Waals surface area contributed by atoms with Gasteiger partial charge in [-0.05, 0) is 31.2 Å². The first-order valence-corrected chi connectivity index (χ1v) is 8.31. The minimum Gasteiger partial charge on any atom is -0.342 e. The highest BCUT2D eigenvalue weighted by atomic mass is 32.1. The maximum atomic E-state index is 12.4. The van der Waals surface area contributed by atoms with Crippen LogP contribution in [0.15, 0.2) is 23.7 Å². The van der Waals surface area contributed by atoms with E-state index in [1.807, 2.05) is 36.4 Å². The zero-order chi connectivity index (χ0) is 14.8. The van der Waals surface area contributed by atoms with Crippen LogP contribution < -0.4 is 0 Å². The fourth-order valence-electron chi connectivity index (χ4n) is 3.10. The monoisotopic (exact) mass is 303 g/mol. The largest absolute Gasteiger partial charge is 0.342 e. The third-order valence-electron chi connectivity index (χ3n) is 4.08. The van der Waals surface area contributed by atoms with E-state index in [2.05, 4.69) is 15.7 Å². The quantitative estimate of drug-likeness (QED) is 0.874. The molecule has 4 nitrogen and oxygen atoms in total. The molecule has 1 saturated heterocycles. The number of aromatic nitrogens is 2. The number of carbonyl (C=O) groups is 1. The van der Waals surface area contributed by atoms with Crippen LogP contribution in [0.4, 0.5) is 0 Å². The lowest BCUT2D eigenvalue weighted by Crippen LogP contribution is -2.40. The van der Waals surface area contributed by atoms with Gasteiger partial charge >= 0.3 is 0 Å². The Morgan fingerprint density at radius 3 is 3.05 bits per heavy atom. The number of hydrogen-bond donors (Lipinski definition) is 0. The number of amides is 1. The number of nitrogens with zero attached hydrogens (tertiary/aromatic N) is 3. The van der Waals surface area contributed by atoms with E-state index in [1.165, 1.54) is 0 Å². The van der Waals surface area contributed by atoms with Gasteiger partial charge in [-0.15, -0.1) is 11.3 Å². The van der Waals surface area contributed by atoms with Crippen molar-refractivity contribution >= 4 is 17.2 Å². The van der Waals surface area contributed by atoms with E-state index >= 15 is 0 Å². The van der Waals surface area contributed by atoms with Crippen molar-refractivity contribution in [3.05, 3.63) is 40.1 Å². The fraction of sp³-hybridized carbons (Fsp3) is 0.500. The van der Waals surface area contributed by atoms with Crippen LogP contribution in [0.5, 0.6) is 0 Å². The molecule has 1 aliphatic heterocycles. The molecule has 0 aliphatic carbocycles. The number of carbonyl (C=O) groups excluding carboxylic acids is 1. The van der Waals surface area contributed by atoms with Crippen LogP contribution in [0.3, 0.4) is 0 Å². The Morgan fingerprint density at radius 2 is 2.38 bits per heavy atom. The van der Waals surface area contributed by atoms with Crippen LogP contribution in [-0.4, -0.2) is 33.4 Å². The molecule has 3 heterocycles. The zero-order valence-electron chi connectivity index (χ0n) is 12.6. The second-order valence-corrected chi connectivity index (χ2v) is 6.82. The van der Waals surface area contributed by atoms with E-state index in [4.69, 9.17) is 0 Å². The maximum absolute atomic E-state index is 12.4. The van der Waals surface area contributed by atoms with Gasteiger partial charge in [-0.3, -0.25) is 4.79 Å². The second kappa shape index (κ2) is 6.02. The van der Waals surface area contributed by atoms with E-state index in [0.717, 1.165) is 42.3 Å². The molecule has 0 N–H and O–H groups in total. The van der Waals surface area contributed by atoms with Crippen LogP contribution in [0, 0.1) is 6.92 Å². The summed E-state index contributed by atoms with van der Waals surface area (Å²) in [4.78, 5) is 20.2. The molecule has 1 atom stereocenters. The Bertz CT molecular complexity index is 618. The van der Waals surface area contributed by atoms with Gasteiger partial charge in [0.05, 0.1) is 12.1 Å². The molecule has 1 amide bonds. The molecule has 1 fully saturated rings. The minimum atomic E-state index is 0.244. The predicted molar refractivity (Wildman–Crippen MR) is 84.5 cm³/mol. The molecule has 112 valence electrons. The standard InChI is InChI=1S/C16H21N3OS/c1-12-10-18(2)16(17-12)13-5-3-7-19(11-13)15(20)9-14-6-4-8-21-14/h4,6,8,10,13H,3,5,7,9,11H2,1-2H3/t13-/m0/s1. The Morgan fingerprint density at radius 1 is 1.52 bits per heavy atom. The van der Waals surface area contributed by atoms with Crippen molar-refractivity contribution in [3.63, 3.8) is 0 Å². The SMILES string of the molecule is Cc1cn(C)c([C@H]2CCCN(C(=O)Cc3cccs3)C2)n1. The summed E-state index contributed by atoms with van der Waals surface area (Å²) < 4.78 is 2.10. The molecule has 0 saturated carbocycles. The average molecular weight is 303 g/mol. The fourth-order valence-corrected chi connectivity index (χ4v) is 3.80. The van der Waals surface area contributed by atoms with E-state index in [1.54, 1.807) is 11.3 Å². The summed E-state index contributed by atoms with van der Waals surface area (Å²) in [6, 6.07) is 4.04. The van der Waals surface area contributed by atoms with Gasteiger partial charge in [0.15, 0.2) is 0 Å². The molecule has 0 radical (unpaired) electrons. The van der Waals surface area contributed by atoms with Gasteiger partial charge in [0, 0.05) is 37.1 Å². The van der Waals surface area contributed by atoms with Gasteiger partial charge < -0.3 is 9.47 Å². The predicted octanol–water partition coefficient (Wildman–Crippen LogP) is 2.74. The smallest absolute Gasteiger partial charge is 0.227 e. The Balaban J connectivity index is 1.68. The van der Waals surface area contributed by atoms with E-state index in [0.29, 0.717) is 12.3 Å². The number of piperidine rings is 1. The molecular formula is C16H21N3OS. The number of thiophene rings is 1. The van der Waals surface area contributed by atoms with Crippen molar-refractivity contribution in [2.24, 2.45) is 7.05 Å². The summed E-state index contributed by atoms with van der Waals surface area (Å²) in [7, 11) is 2.04. The molecule has 0 spiro atoms. The third-order valence-corrected chi connectivity index (χ3v) is 4.95. The normalized spacial score (nSPS) is 19.0. The third kappa shape index (κ3) is 3.18. The molecular weight excluding hydrogens is 282 g/mol. The van der Waals surface area contributed by atoms with Crippen molar-refractivity contribution in [2.45, 2.75) is 32.1 Å². The second-order valence-electron chi connectivity index (χ2n) is 5.79. The van der Waals surface area contributed by atoms with E-state index in [-0.39, 0.29) is 5.91 Å². The highest BCUT2D eigenvalue weighted by Gasteiger charge is 2.27. The van der Waals surface area contributed by atoms with Gasteiger partial charge in [-0.25, -0.2) is 4.98 Å². The lowest BCUT2D eigenvalue weighted by molar-refractivity contribution is -0.131. The molecule has 0 unspecified atom stereocenters. The van der Waals surface area contributed by atoms with Gasteiger partial charge in [-0.2, -0.15) is 0 Å². The molecule has 1 aliphatic rings. The Labute approximate surface area is 129 Å². The van der Waals surface area contributed by atoms with Gasteiger partial charge in [0.25, 0.3) is 0 Å². The summed E-state index contributed by atoms with van der Waals surface area (Å²) in [6.45, 7) is 3.70. The lowest BCUT2D eigenvalue weighted by Gasteiger charge is -2.32. The molecule has 0 aromatic carbocycles. The maximum Gasteiger partial charge on any atom is 0.227 e. The van der Waals surface area contributed by atoms with Crippen LogP contribution in [0.25, 0.3) is 0 Å². The van der Waals surface area contributed by atoms with E-state index in [9.17, 15) is 4.79 Å². The topological polar surface area (TPSA) is 38.1 Å². The van der Waals surface area contributed by atoms with Gasteiger partial charge in [0.2, 0.25) is 5.91 Å².